The fourth-order valence-corrected chi connectivity index (χ4v) is 3.75. The van der Waals surface area contributed by atoms with E-state index in [1.807, 2.05) is 13.8 Å². The molecule has 0 spiro atoms. The Kier molecular flexibility index (Phi) is 7.77. The summed E-state index contributed by atoms with van der Waals surface area (Å²) in [5.41, 5.74) is 2.60. The first kappa shape index (κ1) is 23.6. The topological polar surface area (TPSA) is 77.1 Å². The first-order valence-corrected chi connectivity index (χ1v) is 10.7. The molecular formula is C24H27ClN2O5. The first-order chi connectivity index (χ1) is 15.4. The number of aryl methyl sites for hydroxylation is 1. The molecule has 0 radical (unpaired) electrons. The highest BCUT2D eigenvalue weighted by Crippen LogP contribution is 2.36. The highest BCUT2D eigenvalue weighted by molar-refractivity contribution is 6.36. The summed E-state index contributed by atoms with van der Waals surface area (Å²) in [5.74, 6) is 0.248. The second-order valence-corrected chi connectivity index (χ2v) is 7.65. The molecule has 1 N–H and O–H groups in total. The van der Waals surface area contributed by atoms with E-state index in [4.69, 9.17) is 25.8 Å². The van der Waals surface area contributed by atoms with Gasteiger partial charge in [0.05, 0.1) is 19.8 Å². The smallest absolute Gasteiger partial charge is 0.278 e. The summed E-state index contributed by atoms with van der Waals surface area (Å²) < 4.78 is 16.1. The van der Waals surface area contributed by atoms with Gasteiger partial charge in [-0.15, -0.1) is 0 Å². The Hall–Kier alpha value is -3.03. The van der Waals surface area contributed by atoms with Crippen LogP contribution in [-0.2, 0) is 14.3 Å². The van der Waals surface area contributed by atoms with E-state index in [0.717, 1.165) is 5.56 Å². The van der Waals surface area contributed by atoms with Gasteiger partial charge < -0.3 is 19.5 Å². The predicted octanol–water partition coefficient (Wildman–Crippen LogP) is 4.28. The zero-order valence-electron chi connectivity index (χ0n) is 18.7. The second kappa shape index (κ2) is 10.5. The van der Waals surface area contributed by atoms with Gasteiger partial charge in [0.1, 0.15) is 5.70 Å². The third kappa shape index (κ3) is 4.89. The number of rotatable bonds is 10. The van der Waals surface area contributed by atoms with Gasteiger partial charge in [0.25, 0.3) is 11.8 Å². The highest BCUT2D eigenvalue weighted by atomic mass is 35.5. The van der Waals surface area contributed by atoms with Crippen LogP contribution in [0.1, 0.15) is 24.5 Å². The van der Waals surface area contributed by atoms with Crippen molar-refractivity contribution < 1.29 is 23.8 Å². The standard InChI is InChI=1S/C24H27ClN2O5/c1-5-32-12-6-11-27-23(28)21(16-7-10-19(30-3)20(14-16)31-4)22(24(27)29)26-18-9-8-17(25)13-15(18)2/h7-10,13-14,26H,5-6,11-12H2,1-4H3. The minimum Gasteiger partial charge on any atom is -0.493 e. The van der Waals surface area contributed by atoms with E-state index in [1.54, 1.807) is 36.4 Å². The monoisotopic (exact) mass is 458 g/mol. The van der Waals surface area contributed by atoms with Gasteiger partial charge in [-0.1, -0.05) is 17.7 Å². The number of halogens is 1. The normalized spacial score (nSPS) is 13.7. The molecule has 0 atom stereocenters. The zero-order valence-corrected chi connectivity index (χ0v) is 19.4. The molecule has 3 rings (SSSR count). The number of hydrogen-bond acceptors (Lipinski definition) is 6. The summed E-state index contributed by atoms with van der Waals surface area (Å²) in [7, 11) is 3.06. The van der Waals surface area contributed by atoms with Crippen LogP contribution >= 0.6 is 11.6 Å². The van der Waals surface area contributed by atoms with Crippen molar-refractivity contribution in [3.05, 3.63) is 58.2 Å². The molecule has 8 heteroatoms. The second-order valence-electron chi connectivity index (χ2n) is 7.22. The number of nitrogens with zero attached hydrogens (tertiary/aromatic N) is 1. The minimum absolute atomic E-state index is 0.212. The maximum Gasteiger partial charge on any atom is 0.278 e. The van der Waals surface area contributed by atoms with E-state index in [9.17, 15) is 9.59 Å². The van der Waals surface area contributed by atoms with Crippen molar-refractivity contribution in [1.29, 1.82) is 0 Å². The van der Waals surface area contributed by atoms with Crippen LogP contribution in [0.5, 0.6) is 11.5 Å². The van der Waals surface area contributed by atoms with Gasteiger partial charge in [-0.2, -0.15) is 0 Å². The fraction of sp³-hybridized carbons (Fsp3) is 0.333. The van der Waals surface area contributed by atoms with Gasteiger partial charge in [-0.3, -0.25) is 14.5 Å². The molecule has 2 aromatic carbocycles. The number of hydrogen-bond donors (Lipinski definition) is 1. The Morgan fingerprint density at radius 3 is 2.41 bits per heavy atom. The number of carbonyl (C=O) groups is 2. The van der Waals surface area contributed by atoms with Gasteiger partial charge in [0.2, 0.25) is 0 Å². The number of amides is 2. The van der Waals surface area contributed by atoms with E-state index in [1.165, 1.54) is 19.1 Å². The van der Waals surface area contributed by atoms with Gasteiger partial charge in [0, 0.05) is 30.5 Å². The molecule has 32 heavy (non-hydrogen) atoms. The third-order valence-electron chi connectivity index (χ3n) is 5.16. The Morgan fingerprint density at radius 2 is 1.75 bits per heavy atom. The molecule has 0 aromatic heterocycles. The molecule has 2 aromatic rings. The van der Waals surface area contributed by atoms with Crippen LogP contribution in [0.25, 0.3) is 5.57 Å². The van der Waals surface area contributed by atoms with Crippen molar-refractivity contribution in [1.82, 2.24) is 4.90 Å². The van der Waals surface area contributed by atoms with E-state index in [0.29, 0.717) is 47.4 Å². The van der Waals surface area contributed by atoms with Gasteiger partial charge in [0.15, 0.2) is 11.5 Å². The van der Waals surface area contributed by atoms with Crippen LogP contribution in [0.2, 0.25) is 5.02 Å². The molecule has 2 amide bonds. The van der Waals surface area contributed by atoms with E-state index < -0.39 is 0 Å². The quantitative estimate of drug-likeness (QED) is 0.423. The Morgan fingerprint density at radius 1 is 1.00 bits per heavy atom. The summed E-state index contributed by atoms with van der Waals surface area (Å²) in [6.45, 7) is 5.10. The average Bonchev–Trinajstić information content (AvgIpc) is 3.01. The van der Waals surface area contributed by atoms with E-state index in [-0.39, 0.29) is 29.6 Å². The molecule has 1 aliphatic rings. The molecule has 0 bridgehead atoms. The SMILES string of the molecule is CCOCCCN1C(=O)C(Nc2ccc(Cl)cc2C)=C(c2ccc(OC)c(OC)c2)C1=O. The summed E-state index contributed by atoms with van der Waals surface area (Å²) in [6.07, 6.45) is 0.553. The lowest BCUT2D eigenvalue weighted by molar-refractivity contribution is -0.137. The maximum atomic E-state index is 13.3. The number of methoxy groups -OCH3 is 2. The number of benzene rings is 2. The maximum absolute atomic E-state index is 13.3. The Labute approximate surface area is 192 Å². The third-order valence-corrected chi connectivity index (χ3v) is 5.40. The molecule has 0 aliphatic carbocycles. The molecular weight excluding hydrogens is 432 g/mol. The summed E-state index contributed by atoms with van der Waals surface area (Å²) in [5, 5.41) is 3.76. The Bertz CT molecular complexity index is 1050. The molecule has 170 valence electrons. The largest absolute Gasteiger partial charge is 0.493 e. The van der Waals surface area contributed by atoms with Crippen molar-refractivity contribution >= 4 is 34.7 Å². The molecule has 7 nitrogen and oxygen atoms in total. The number of ether oxygens (including phenoxy) is 3. The molecule has 0 fully saturated rings. The van der Waals surface area contributed by atoms with Crippen molar-refractivity contribution in [2.24, 2.45) is 0 Å². The fourth-order valence-electron chi connectivity index (χ4n) is 3.53. The highest BCUT2D eigenvalue weighted by Gasteiger charge is 2.39. The number of imide groups is 1. The van der Waals surface area contributed by atoms with Crippen LogP contribution < -0.4 is 14.8 Å². The summed E-state index contributed by atoms with van der Waals surface area (Å²) in [6, 6.07) is 10.5. The lowest BCUT2D eigenvalue weighted by Crippen LogP contribution is -2.34. The lowest BCUT2D eigenvalue weighted by Gasteiger charge is -2.15. The predicted molar refractivity (Wildman–Crippen MR) is 124 cm³/mol. The van der Waals surface area contributed by atoms with Crippen LogP contribution in [0.3, 0.4) is 0 Å². The lowest BCUT2D eigenvalue weighted by atomic mass is 10.0. The zero-order chi connectivity index (χ0) is 23.3. The van der Waals surface area contributed by atoms with Gasteiger partial charge in [-0.05, 0) is 61.7 Å². The average molecular weight is 459 g/mol. The van der Waals surface area contributed by atoms with Gasteiger partial charge in [-0.25, -0.2) is 0 Å². The molecule has 0 saturated heterocycles. The van der Waals surface area contributed by atoms with Gasteiger partial charge >= 0.3 is 0 Å². The molecule has 1 aliphatic heterocycles. The van der Waals surface area contributed by atoms with Crippen molar-refractivity contribution in [3.8, 4) is 11.5 Å². The summed E-state index contributed by atoms with van der Waals surface area (Å²) >= 11 is 6.07. The molecule has 1 heterocycles. The Balaban J connectivity index is 2.03. The van der Waals surface area contributed by atoms with Crippen LogP contribution in [0.4, 0.5) is 5.69 Å². The van der Waals surface area contributed by atoms with E-state index in [2.05, 4.69) is 5.32 Å². The van der Waals surface area contributed by atoms with Crippen LogP contribution in [-0.4, -0.2) is 50.7 Å². The summed E-state index contributed by atoms with van der Waals surface area (Å²) in [4.78, 5) is 27.9. The minimum atomic E-state index is -0.384. The van der Waals surface area contributed by atoms with Crippen LogP contribution in [0, 0.1) is 6.92 Å². The number of nitrogens with one attached hydrogen (secondary N) is 1. The molecule has 0 unspecified atom stereocenters. The van der Waals surface area contributed by atoms with Crippen molar-refractivity contribution in [2.75, 3.05) is 39.3 Å². The number of carbonyl (C=O) groups excluding carboxylic acids is 2. The van der Waals surface area contributed by atoms with Crippen LogP contribution in [0.15, 0.2) is 42.1 Å². The number of anilines is 1. The van der Waals surface area contributed by atoms with E-state index >= 15 is 0 Å². The first-order valence-electron chi connectivity index (χ1n) is 10.3. The van der Waals surface area contributed by atoms with Crippen molar-refractivity contribution in [2.45, 2.75) is 20.3 Å². The molecule has 0 saturated carbocycles. The van der Waals surface area contributed by atoms with Crippen molar-refractivity contribution in [3.63, 3.8) is 0 Å².